The van der Waals surface area contributed by atoms with E-state index in [9.17, 15) is 4.79 Å². The fourth-order valence-electron chi connectivity index (χ4n) is 1.96. The van der Waals surface area contributed by atoms with Gasteiger partial charge in [0.1, 0.15) is 5.75 Å². The highest BCUT2D eigenvalue weighted by atomic mass is 16.5. The van der Waals surface area contributed by atoms with Gasteiger partial charge in [0.25, 0.3) is 0 Å². The molecule has 0 heterocycles. The molecule has 0 saturated heterocycles. The highest BCUT2D eigenvalue weighted by molar-refractivity contribution is 5.82. The van der Waals surface area contributed by atoms with Gasteiger partial charge in [-0.1, -0.05) is 18.2 Å². The lowest BCUT2D eigenvalue weighted by Crippen LogP contribution is -2.18. The van der Waals surface area contributed by atoms with E-state index >= 15 is 0 Å². The van der Waals surface area contributed by atoms with Gasteiger partial charge in [0.2, 0.25) is 5.91 Å². The van der Waals surface area contributed by atoms with Crippen LogP contribution in [-0.4, -0.2) is 25.8 Å². The number of para-hydroxylation sites is 1. The summed E-state index contributed by atoms with van der Waals surface area (Å²) < 4.78 is 5.08. The van der Waals surface area contributed by atoms with Crippen LogP contribution in [0, 0.1) is 0 Å². The first kappa shape index (κ1) is 16.5. The Morgan fingerprint density at radius 1 is 1.13 bits per heavy atom. The number of rotatable bonds is 8. The van der Waals surface area contributed by atoms with Gasteiger partial charge in [0.15, 0.2) is 0 Å². The van der Waals surface area contributed by atoms with Crippen LogP contribution in [0.5, 0.6) is 5.75 Å². The van der Waals surface area contributed by atoms with Crippen molar-refractivity contribution in [3.63, 3.8) is 0 Å². The van der Waals surface area contributed by atoms with Gasteiger partial charge in [-0.15, -0.1) is 0 Å². The zero-order chi connectivity index (χ0) is 16.3. The van der Waals surface area contributed by atoms with E-state index in [-0.39, 0.29) is 5.91 Å². The summed E-state index contributed by atoms with van der Waals surface area (Å²) in [5.74, 6) is 0.696. The van der Waals surface area contributed by atoms with Crippen LogP contribution in [0.2, 0.25) is 0 Å². The molecule has 2 rings (SSSR count). The molecular weight excluding hydrogens is 290 g/mol. The summed E-state index contributed by atoms with van der Waals surface area (Å²) in [4.78, 5) is 11.7. The normalized spacial score (nSPS) is 10.5. The standard InChI is InChI=1S/C18H21N3O2/c1-23-17-11-9-15(10-12-17)14-20-21-18(22)8-5-13-19-16-6-3-2-4-7-16/h2-4,6-7,9-12,14,19H,5,8,13H2,1H3,(H,21,22)/b20-14-. The van der Waals surface area contributed by atoms with E-state index in [0.29, 0.717) is 6.42 Å². The molecule has 2 aromatic carbocycles. The van der Waals surface area contributed by atoms with Crippen LogP contribution in [0.4, 0.5) is 5.69 Å². The van der Waals surface area contributed by atoms with Crippen molar-refractivity contribution >= 4 is 17.8 Å². The SMILES string of the molecule is COc1ccc(/C=N\NC(=O)CCCNc2ccccc2)cc1. The number of nitrogens with zero attached hydrogens (tertiary/aromatic N) is 1. The molecule has 0 atom stereocenters. The smallest absolute Gasteiger partial charge is 0.240 e. The third-order valence-corrected chi connectivity index (χ3v) is 3.20. The predicted octanol–water partition coefficient (Wildman–Crippen LogP) is 3.04. The first-order valence-electron chi connectivity index (χ1n) is 7.53. The Hall–Kier alpha value is -2.82. The average molecular weight is 311 g/mol. The fraction of sp³-hybridized carbons (Fsp3) is 0.222. The van der Waals surface area contributed by atoms with Gasteiger partial charge < -0.3 is 10.1 Å². The maximum absolute atomic E-state index is 11.7. The lowest BCUT2D eigenvalue weighted by molar-refractivity contribution is -0.121. The number of hydrogen-bond acceptors (Lipinski definition) is 4. The third-order valence-electron chi connectivity index (χ3n) is 3.20. The molecule has 0 radical (unpaired) electrons. The average Bonchev–Trinajstić information content (AvgIpc) is 2.60. The van der Waals surface area contributed by atoms with E-state index in [4.69, 9.17) is 4.74 Å². The van der Waals surface area contributed by atoms with E-state index < -0.39 is 0 Å². The van der Waals surface area contributed by atoms with Crippen molar-refractivity contribution < 1.29 is 9.53 Å². The van der Waals surface area contributed by atoms with Crippen LogP contribution in [-0.2, 0) is 4.79 Å². The second-order valence-electron chi connectivity index (χ2n) is 4.96. The topological polar surface area (TPSA) is 62.7 Å². The number of hydrazone groups is 1. The number of hydrogen-bond donors (Lipinski definition) is 2. The van der Waals surface area contributed by atoms with Gasteiger partial charge in [-0.25, -0.2) is 5.43 Å². The van der Waals surface area contributed by atoms with Gasteiger partial charge in [0.05, 0.1) is 13.3 Å². The minimum atomic E-state index is -0.0929. The van der Waals surface area contributed by atoms with Crippen molar-refractivity contribution in [2.75, 3.05) is 19.0 Å². The van der Waals surface area contributed by atoms with E-state index in [0.717, 1.165) is 30.0 Å². The summed E-state index contributed by atoms with van der Waals surface area (Å²) in [6.45, 7) is 0.750. The molecule has 0 unspecified atom stereocenters. The Morgan fingerprint density at radius 2 is 1.87 bits per heavy atom. The molecule has 0 bridgehead atoms. The predicted molar refractivity (Wildman–Crippen MR) is 92.9 cm³/mol. The lowest BCUT2D eigenvalue weighted by Gasteiger charge is -2.05. The van der Waals surface area contributed by atoms with Crippen LogP contribution in [0.1, 0.15) is 18.4 Å². The zero-order valence-corrected chi connectivity index (χ0v) is 13.2. The maximum atomic E-state index is 11.7. The molecule has 0 aromatic heterocycles. The number of ether oxygens (including phenoxy) is 1. The summed E-state index contributed by atoms with van der Waals surface area (Å²) in [7, 11) is 1.62. The molecule has 23 heavy (non-hydrogen) atoms. The Balaban J connectivity index is 1.63. The first-order valence-corrected chi connectivity index (χ1v) is 7.53. The van der Waals surface area contributed by atoms with Crippen molar-refractivity contribution in [2.45, 2.75) is 12.8 Å². The molecule has 0 spiro atoms. The molecular formula is C18H21N3O2. The van der Waals surface area contributed by atoms with Gasteiger partial charge >= 0.3 is 0 Å². The van der Waals surface area contributed by atoms with Crippen LogP contribution in [0.3, 0.4) is 0 Å². The summed E-state index contributed by atoms with van der Waals surface area (Å²) in [6.07, 6.45) is 2.79. The van der Waals surface area contributed by atoms with Crippen molar-refractivity contribution in [1.82, 2.24) is 5.43 Å². The van der Waals surface area contributed by atoms with Gasteiger partial charge in [0, 0.05) is 18.7 Å². The second-order valence-corrected chi connectivity index (χ2v) is 4.96. The summed E-state index contributed by atoms with van der Waals surface area (Å²) in [5, 5.41) is 7.21. The zero-order valence-electron chi connectivity index (χ0n) is 13.2. The molecule has 0 saturated carbocycles. The highest BCUT2D eigenvalue weighted by Gasteiger charge is 1.99. The Labute approximate surface area is 136 Å². The quantitative estimate of drug-likeness (QED) is 0.447. The van der Waals surface area contributed by atoms with Gasteiger partial charge in [-0.3, -0.25) is 4.79 Å². The molecule has 0 aliphatic rings. The Bertz CT molecular complexity index is 624. The minimum Gasteiger partial charge on any atom is -0.497 e. The number of anilines is 1. The number of nitrogens with one attached hydrogen (secondary N) is 2. The van der Waals surface area contributed by atoms with E-state index in [1.165, 1.54) is 0 Å². The lowest BCUT2D eigenvalue weighted by atomic mass is 10.2. The molecule has 0 aliphatic carbocycles. The molecule has 1 amide bonds. The maximum Gasteiger partial charge on any atom is 0.240 e. The Kier molecular flexibility index (Phi) is 6.65. The van der Waals surface area contributed by atoms with Crippen molar-refractivity contribution in [3.8, 4) is 5.75 Å². The number of amides is 1. The Morgan fingerprint density at radius 3 is 2.57 bits per heavy atom. The largest absolute Gasteiger partial charge is 0.497 e. The second kappa shape index (κ2) is 9.25. The van der Waals surface area contributed by atoms with Gasteiger partial charge in [-0.05, 0) is 48.4 Å². The molecule has 5 nitrogen and oxygen atoms in total. The number of carbonyl (C=O) groups is 1. The first-order chi connectivity index (χ1) is 11.3. The minimum absolute atomic E-state index is 0.0929. The van der Waals surface area contributed by atoms with E-state index in [2.05, 4.69) is 15.8 Å². The van der Waals surface area contributed by atoms with Crippen LogP contribution in [0.15, 0.2) is 59.7 Å². The summed E-state index contributed by atoms with van der Waals surface area (Å²) >= 11 is 0. The number of carbonyl (C=O) groups excluding carboxylic acids is 1. The van der Waals surface area contributed by atoms with E-state index in [1.807, 2.05) is 54.6 Å². The third kappa shape index (κ3) is 6.22. The molecule has 0 aliphatic heterocycles. The highest BCUT2D eigenvalue weighted by Crippen LogP contribution is 2.09. The summed E-state index contributed by atoms with van der Waals surface area (Å²) in [5.41, 5.74) is 4.49. The van der Waals surface area contributed by atoms with Crippen molar-refractivity contribution in [2.24, 2.45) is 5.10 Å². The number of benzene rings is 2. The molecule has 0 fully saturated rings. The van der Waals surface area contributed by atoms with Gasteiger partial charge in [-0.2, -0.15) is 5.10 Å². The monoisotopic (exact) mass is 311 g/mol. The number of methoxy groups -OCH3 is 1. The fourth-order valence-corrected chi connectivity index (χ4v) is 1.96. The molecule has 5 heteroatoms. The van der Waals surface area contributed by atoms with Crippen molar-refractivity contribution in [1.29, 1.82) is 0 Å². The molecule has 120 valence electrons. The van der Waals surface area contributed by atoms with Crippen molar-refractivity contribution in [3.05, 3.63) is 60.2 Å². The van der Waals surface area contributed by atoms with Crippen LogP contribution >= 0.6 is 0 Å². The van der Waals surface area contributed by atoms with E-state index in [1.54, 1.807) is 13.3 Å². The molecule has 2 N–H and O–H groups in total. The summed E-state index contributed by atoms with van der Waals surface area (Å²) in [6, 6.07) is 17.4. The molecule has 2 aromatic rings. The van der Waals surface area contributed by atoms with Crippen LogP contribution < -0.4 is 15.5 Å². The van der Waals surface area contributed by atoms with Crippen LogP contribution in [0.25, 0.3) is 0 Å².